The molecule has 0 aliphatic rings. The molecule has 0 fully saturated rings. The van der Waals surface area contributed by atoms with E-state index in [-0.39, 0.29) is 0 Å². The third kappa shape index (κ3) is 6.59. The van der Waals surface area contributed by atoms with Gasteiger partial charge in [0.25, 0.3) is 0 Å². The summed E-state index contributed by atoms with van der Waals surface area (Å²) in [6.45, 7) is 13.6. The normalized spacial score (nSPS) is 11.8. The lowest BCUT2D eigenvalue weighted by atomic mass is 9.58. The van der Waals surface area contributed by atoms with E-state index in [1.165, 1.54) is 89.7 Å². The van der Waals surface area contributed by atoms with E-state index in [4.69, 9.17) is 0 Å². The first kappa shape index (κ1) is 30.4. The molecule has 222 valence electrons. The average Bonchev–Trinajstić information content (AvgIpc) is 3.07. The summed E-state index contributed by atoms with van der Waals surface area (Å²) < 4.78 is 0. The lowest BCUT2D eigenvalue weighted by Crippen LogP contribution is -2.34. The summed E-state index contributed by atoms with van der Waals surface area (Å²) in [6.07, 6.45) is 1.17. The van der Waals surface area contributed by atoms with Gasteiger partial charge in [0.2, 0.25) is 0 Å². The summed E-state index contributed by atoms with van der Waals surface area (Å²) in [7, 11) is 0.953. The first-order valence-electron chi connectivity index (χ1n) is 16.4. The average molecular weight is 583 g/mol. The topological polar surface area (TPSA) is 0 Å². The van der Waals surface area contributed by atoms with Crippen LogP contribution in [0.3, 0.4) is 0 Å². The van der Waals surface area contributed by atoms with Crippen LogP contribution in [0.2, 0.25) is 0 Å². The molecule has 0 radical (unpaired) electrons. The maximum absolute atomic E-state index is 2.37. The van der Waals surface area contributed by atoms with Gasteiger partial charge in [0.15, 0.2) is 7.28 Å². The van der Waals surface area contributed by atoms with Crippen LogP contribution in [0.5, 0.6) is 0 Å². The van der Waals surface area contributed by atoms with E-state index in [1.54, 1.807) is 0 Å². The Bertz CT molecular complexity index is 1870. The van der Waals surface area contributed by atoms with Crippen molar-refractivity contribution in [3.05, 3.63) is 155 Å². The Morgan fingerprint density at radius 3 is 1.09 bits per heavy atom. The van der Waals surface area contributed by atoms with Crippen LogP contribution in [-0.2, 0) is 0 Å². The maximum atomic E-state index is 2.37. The molecule has 0 nitrogen and oxygen atoms in total. The molecule has 6 aromatic carbocycles. The van der Waals surface area contributed by atoms with E-state index >= 15 is 0 Å². The molecule has 45 heavy (non-hydrogen) atoms. The second-order valence-corrected chi connectivity index (χ2v) is 12.8. The second-order valence-electron chi connectivity index (χ2n) is 12.8. The highest BCUT2D eigenvalue weighted by Gasteiger charge is 2.14. The number of hydrogen-bond acceptors (Lipinski definition) is 0. The van der Waals surface area contributed by atoms with Crippen molar-refractivity contribution in [3.8, 4) is 44.5 Å². The molecular weight excluding hydrogens is 539 g/mol. The Hall–Kier alpha value is -4.62. The largest absolute Gasteiger partial charge is 0.193 e. The van der Waals surface area contributed by atoms with Crippen LogP contribution >= 0.6 is 0 Å². The van der Waals surface area contributed by atoms with Crippen LogP contribution in [0.4, 0.5) is 0 Å². The van der Waals surface area contributed by atoms with E-state index in [1.807, 2.05) is 0 Å². The van der Waals surface area contributed by atoms with Crippen LogP contribution in [0.1, 0.15) is 54.0 Å². The van der Waals surface area contributed by atoms with Gasteiger partial charge in [-0.1, -0.05) is 174 Å². The molecule has 0 aliphatic heterocycles. The Morgan fingerprint density at radius 2 is 0.733 bits per heavy atom. The van der Waals surface area contributed by atoms with E-state index in [0.29, 0.717) is 5.92 Å². The Balaban J connectivity index is 1.20. The van der Waals surface area contributed by atoms with Crippen molar-refractivity contribution in [1.29, 1.82) is 0 Å². The van der Waals surface area contributed by atoms with Crippen molar-refractivity contribution < 1.29 is 0 Å². The fraction of sp³-hybridized carbons (Fsp3) is 0.182. The predicted molar refractivity (Wildman–Crippen MR) is 199 cm³/mol. The molecule has 1 atom stereocenters. The summed E-state index contributed by atoms with van der Waals surface area (Å²) in [4.78, 5) is 0. The molecular formula is C44H43B. The van der Waals surface area contributed by atoms with Crippen molar-refractivity contribution in [2.24, 2.45) is 0 Å². The number of hydrogen-bond donors (Lipinski definition) is 0. The van der Waals surface area contributed by atoms with E-state index in [9.17, 15) is 0 Å². The van der Waals surface area contributed by atoms with Gasteiger partial charge >= 0.3 is 0 Å². The van der Waals surface area contributed by atoms with Crippen molar-refractivity contribution in [2.75, 3.05) is 0 Å². The fourth-order valence-corrected chi connectivity index (χ4v) is 6.64. The van der Waals surface area contributed by atoms with Crippen molar-refractivity contribution in [1.82, 2.24) is 0 Å². The molecule has 0 spiro atoms. The van der Waals surface area contributed by atoms with Crippen molar-refractivity contribution >= 4 is 18.2 Å². The lowest BCUT2D eigenvalue weighted by molar-refractivity contribution is 0.734. The summed E-state index contributed by atoms with van der Waals surface area (Å²) in [6, 6.07) is 47.1. The second kappa shape index (κ2) is 13.2. The predicted octanol–water partition coefficient (Wildman–Crippen LogP) is 10.5. The molecule has 0 amide bonds. The monoisotopic (exact) mass is 582 g/mol. The minimum atomic E-state index is 0.603. The number of rotatable bonds is 8. The third-order valence-corrected chi connectivity index (χ3v) is 9.71. The number of benzene rings is 6. The minimum absolute atomic E-state index is 0.603. The molecule has 0 bridgehead atoms. The quantitative estimate of drug-likeness (QED) is 0.157. The zero-order chi connectivity index (χ0) is 31.5. The van der Waals surface area contributed by atoms with Gasteiger partial charge in [-0.05, 0) is 90.1 Å². The van der Waals surface area contributed by atoms with Crippen molar-refractivity contribution in [3.63, 3.8) is 0 Å². The zero-order valence-corrected chi connectivity index (χ0v) is 27.6. The smallest absolute Gasteiger partial charge is 0.0728 e. The molecule has 1 heteroatoms. The first-order valence-corrected chi connectivity index (χ1v) is 16.4. The van der Waals surface area contributed by atoms with Crippen LogP contribution in [0, 0.1) is 27.7 Å². The Kier molecular flexibility index (Phi) is 8.90. The molecule has 1 unspecified atom stereocenters. The van der Waals surface area contributed by atoms with Crippen LogP contribution in [0.25, 0.3) is 44.5 Å². The summed E-state index contributed by atoms with van der Waals surface area (Å²) in [5.74, 6) is 0.603. The van der Waals surface area contributed by atoms with E-state index in [0.717, 1.165) is 7.28 Å². The van der Waals surface area contributed by atoms with Gasteiger partial charge in [-0.3, -0.25) is 0 Å². The highest BCUT2D eigenvalue weighted by molar-refractivity contribution is 6.69. The van der Waals surface area contributed by atoms with Crippen molar-refractivity contribution in [2.45, 2.75) is 53.9 Å². The molecule has 0 N–H and O–H groups in total. The van der Waals surface area contributed by atoms with Gasteiger partial charge < -0.3 is 0 Å². The Labute approximate surface area is 271 Å². The van der Waals surface area contributed by atoms with Crippen LogP contribution in [-0.4, -0.2) is 7.28 Å². The SMILES string of the molecule is CCC(C)c1ccc(-c2ccc(-c3cc(C)c(Bc4c(C)cc(-c5ccc(-c6ccccc6)cc5)cc4C)c(C)c3)cc2)cc1. The third-order valence-electron chi connectivity index (χ3n) is 9.71. The molecule has 6 rings (SSSR count). The Morgan fingerprint density at radius 1 is 0.422 bits per heavy atom. The highest BCUT2D eigenvalue weighted by Crippen LogP contribution is 2.29. The van der Waals surface area contributed by atoms with Gasteiger partial charge in [0.05, 0.1) is 0 Å². The van der Waals surface area contributed by atoms with Crippen LogP contribution in [0.15, 0.2) is 127 Å². The first-order chi connectivity index (χ1) is 21.8. The summed E-state index contributed by atoms with van der Waals surface area (Å²) >= 11 is 0. The highest BCUT2D eigenvalue weighted by atomic mass is 14.1. The standard InChI is InChI=1S/C44H43B/c1-7-29(2)34-13-15-37(16-14-34)38-19-23-40(24-20-38)42-27-32(5)44(33(6)28-42)45-43-30(3)25-41(26-31(43)4)39-21-17-36(18-22-39)35-11-9-8-10-12-35/h8-29,45H,7H2,1-6H3. The molecule has 0 aliphatic carbocycles. The summed E-state index contributed by atoms with van der Waals surface area (Å²) in [5, 5.41) is 0. The van der Waals surface area contributed by atoms with Gasteiger partial charge in [0, 0.05) is 0 Å². The molecule has 0 aromatic heterocycles. The van der Waals surface area contributed by atoms with E-state index < -0.39 is 0 Å². The molecule has 0 saturated carbocycles. The summed E-state index contributed by atoms with van der Waals surface area (Å²) in [5.41, 5.74) is 19.8. The fourth-order valence-electron chi connectivity index (χ4n) is 6.64. The van der Waals surface area contributed by atoms with Gasteiger partial charge in [-0.25, -0.2) is 0 Å². The van der Waals surface area contributed by atoms with Gasteiger partial charge in [0.1, 0.15) is 0 Å². The van der Waals surface area contributed by atoms with Crippen LogP contribution < -0.4 is 10.9 Å². The zero-order valence-electron chi connectivity index (χ0n) is 27.6. The lowest BCUT2D eigenvalue weighted by Gasteiger charge is -2.17. The van der Waals surface area contributed by atoms with Gasteiger partial charge in [-0.2, -0.15) is 0 Å². The number of aryl methyl sites for hydroxylation is 4. The minimum Gasteiger partial charge on any atom is -0.0728 e. The maximum Gasteiger partial charge on any atom is 0.193 e. The molecule has 0 saturated heterocycles. The van der Waals surface area contributed by atoms with E-state index in [2.05, 4.69) is 169 Å². The van der Waals surface area contributed by atoms with Gasteiger partial charge in [-0.15, -0.1) is 0 Å². The molecule has 0 heterocycles. The molecule has 6 aromatic rings.